The minimum absolute atomic E-state index is 0.0530. The zero-order chi connectivity index (χ0) is 13.0. The molecule has 0 amide bonds. The number of nitrogens with one attached hydrogen (secondary N) is 1. The van der Waals surface area contributed by atoms with Gasteiger partial charge < -0.3 is 5.32 Å². The van der Waals surface area contributed by atoms with Crippen LogP contribution >= 0.6 is 0 Å². The molecule has 0 spiro atoms. The molecule has 2 nitrogen and oxygen atoms in total. The number of rotatable bonds is 4. The molecule has 0 atom stereocenters. The lowest BCUT2D eigenvalue weighted by molar-refractivity contribution is 0.151. The second-order valence-corrected chi connectivity index (χ2v) is 4.09. The van der Waals surface area contributed by atoms with E-state index in [1.807, 2.05) is 19.1 Å². The molecular weight excluding hydrogens is 234 g/mol. The molecule has 1 heterocycles. The highest BCUT2D eigenvalue weighted by atomic mass is 19.3. The van der Waals surface area contributed by atoms with E-state index in [-0.39, 0.29) is 5.56 Å². The molecule has 4 heteroatoms. The van der Waals surface area contributed by atoms with Gasteiger partial charge in [0.25, 0.3) is 6.43 Å². The maximum absolute atomic E-state index is 12.5. The first kappa shape index (κ1) is 12.5. The van der Waals surface area contributed by atoms with Gasteiger partial charge in [0.1, 0.15) is 0 Å². The van der Waals surface area contributed by atoms with E-state index in [0.29, 0.717) is 6.54 Å². The van der Waals surface area contributed by atoms with Crippen LogP contribution in [0.3, 0.4) is 0 Å². The number of aryl methyl sites for hydroxylation is 1. The van der Waals surface area contributed by atoms with Crippen LogP contribution in [0.15, 0.2) is 42.7 Å². The van der Waals surface area contributed by atoms with E-state index >= 15 is 0 Å². The SMILES string of the molecule is Cc1ccncc1NCc1cccc(C(F)F)c1. The Bertz CT molecular complexity index is 527. The van der Waals surface area contributed by atoms with Crippen molar-refractivity contribution in [3.8, 4) is 0 Å². The lowest BCUT2D eigenvalue weighted by Crippen LogP contribution is -2.02. The molecule has 94 valence electrons. The molecule has 0 unspecified atom stereocenters. The number of halogens is 2. The third-order valence-corrected chi connectivity index (χ3v) is 2.73. The summed E-state index contributed by atoms with van der Waals surface area (Å²) in [7, 11) is 0. The Balaban J connectivity index is 2.07. The number of anilines is 1. The Hall–Kier alpha value is -1.97. The summed E-state index contributed by atoms with van der Waals surface area (Å²) in [4.78, 5) is 4.02. The van der Waals surface area contributed by atoms with Gasteiger partial charge in [-0.1, -0.05) is 18.2 Å². The molecule has 0 fully saturated rings. The van der Waals surface area contributed by atoms with Gasteiger partial charge in [-0.2, -0.15) is 0 Å². The van der Waals surface area contributed by atoms with Crippen LogP contribution in [0.2, 0.25) is 0 Å². The highest BCUT2D eigenvalue weighted by Crippen LogP contribution is 2.20. The summed E-state index contributed by atoms with van der Waals surface area (Å²) in [5.74, 6) is 0. The Kier molecular flexibility index (Phi) is 3.87. The molecule has 1 N–H and O–H groups in total. The summed E-state index contributed by atoms with van der Waals surface area (Å²) in [6.45, 7) is 2.48. The molecular formula is C14H14F2N2. The van der Waals surface area contributed by atoms with E-state index < -0.39 is 6.43 Å². The molecule has 0 saturated carbocycles. The monoisotopic (exact) mass is 248 g/mol. The maximum atomic E-state index is 12.5. The zero-order valence-corrected chi connectivity index (χ0v) is 10.0. The van der Waals surface area contributed by atoms with Crippen LogP contribution < -0.4 is 5.32 Å². The van der Waals surface area contributed by atoms with Gasteiger partial charge >= 0.3 is 0 Å². The number of benzene rings is 1. The van der Waals surface area contributed by atoms with E-state index in [2.05, 4.69) is 10.3 Å². The molecule has 2 aromatic rings. The number of hydrogen-bond acceptors (Lipinski definition) is 2. The number of nitrogens with zero attached hydrogens (tertiary/aromatic N) is 1. The van der Waals surface area contributed by atoms with Crippen LogP contribution in [0.5, 0.6) is 0 Å². The van der Waals surface area contributed by atoms with Gasteiger partial charge in [-0.25, -0.2) is 8.78 Å². The molecule has 0 saturated heterocycles. The van der Waals surface area contributed by atoms with Crippen molar-refractivity contribution in [2.24, 2.45) is 0 Å². The van der Waals surface area contributed by atoms with Gasteiger partial charge in [-0.3, -0.25) is 4.98 Å². The topological polar surface area (TPSA) is 24.9 Å². The summed E-state index contributed by atoms with van der Waals surface area (Å²) in [5.41, 5.74) is 2.88. The lowest BCUT2D eigenvalue weighted by atomic mass is 10.1. The van der Waals surface area contributed by atoms with E-state index in [1.165, 1.54) is 12.1 Å². The van der Waals surface area contributed by atoms with Crippen molar-refractivity contribution in [3.63, 3.8) is 0 Å². The first-order valence-electron chi connectivity index (χ1n) is 5.68. The summed E-state index contributed by atoms with van der Waals surface area (Å²) in [5, 5.41) is 3.19. The zero-order valence-electron chi connectivity index (χ0n) is 10.0. The standard InChI is InChI=1S/C14H14F2N2/c1-10-5-6-17-9-13(10)18-8-11-3-2-4-12(7-11)14(15)16/h2-7,9,14,18H,8H2,1H3. The van der Waals surface area contributed by atoms with Gasteiger partial charge in [0.05, 0.1) is 11.9 Å². The predicted octanol–water partition coefficient (Wildman–Crippen LogP) is 3.94. The fourth-order valence-corrected chi connectivity index (χ4v) is 1.69. The highest BCUT2D eigenvalue weighted by Gasteiger charge is 2.06. The van der Waals surface area contributed by atoms with Gasteiger partial charge in [0.2, 0.25) is 0 Å². The molecule has 1 aromatic heterocycles. The average molecular weight is 248 g/mol. The van der Waals surface area contributed by atoms with E-state index in [1.54, 1.807) is 18.5 Å². The Morgan fingerprint density at radius 2 is 2.11 bits per heavy atom. The third-order valence-electron chi connectivity index (χ3n) is 2.73. The van der Waals surface area contributed by atoms with Crippen LogP contribution in [-0.2, 0) is 6.54 Å². The molecule has 1 aromatic carbocycles. The lowest BCUT2D eigenvalue weighted by Gasteiger charge is -2.09. The second kappa shape index (κ2) is 5.58. The largest absolute Gasteiger partial charge is 0.380 e. The Morgan fingerprint density at radius 1 is 1.28 bits per heavy atom. The van der Waals surface area contributed by atoms with Crippen molar-refractivity contribution in [1.82, 2.24) is 4.98 Å². The molecule has 0 aliphatic carbocycles. The molecule has 0 radical (unpaired) electrons. The van der Waals surface area contributed by atoms with Crippen LogP contribution in [0.1, 0.15) is 23.1 Å². The molecule has 18 heavy (non-hydrogen) atoms. The quantitative estimate of drug-likeness (QED) is 0.886. The fourth-order valence-electron chi connectivity index (χ4n) is 1.69. The smallest absolute Gasteiger partial charge is 0.263 e. The fraction of sp³-hybridized carbons (Fsp3) is 0.214. The molecule has 2 rings (SSSR count). The van der Waals surface area contributed by atoms with Crippen molar-refractivity contribution in [1.29, 1.82) is 0 Å². The Morgan fingerprint density at radius 3 is 2.83 bits per heavy atom. The molecule has 0 bridgehead atoms. The number of aromatic nitrogens is 1. The maximum Gasteiger partial charge on any atom is 0.263 e. The van der Waals surface area contributed by atoms with E-state index in [0.717, 1.165) is 16.8 Å². The molecule has 0 aliphatic rings. The third kappa shape index (κ3) is 3.03. The van der Waals surface area contributed by atoms with Gasteiger partial charge in [0.15, 0.2) is 0 Å². The summed E-state index contributed by atoms with van der Waals surface area (Å²) in [6, 6.07) is 8.32. The van der Waals surface area contributed by atoms with E-state index in [9.17, 15) is 8.78 Å². The predicted molar refractivity (Wildman–Crippen MR) is 67.7 cm³/mol. The number of alkyl halides is 2. The number of pyridine rings is 1. The summed E-state index contributed by atoms with van der Waals surface area (Å²) in [6.07, 6.45) is 1.02. The van der Waals surface area contributed by atoms with Crippen LogP contribution in [0.4, 0.5) is 14.5 Å². The van der Waals surface area contributed by atoms with Crippen molar-refractivity contribution in [2.45, 2.75) is 19.9 Å². The first-order valence-corrected chi connectivity index (χ1v) is 5.68. The summed E-state index contributed by atoms with van der Waals surface area (Å²) < 4.78 is 25.1. The van der Waals surface area contributed by atoms with Gasteiger partial charge in [-0.05, 0) is 30.2 Å². The van der Waals surface area contributed by atoms with Crippen molar-refractivity contribution >= 4 is 5.69 Å². The summed E-state index contributed by atoms with van der Waals surface area (Å²) >= 11 is 0. The first-order chi connectivity index (χ1) is 8.66. The highest BCUT2D eigenvalue weighted by molar-refractivity contribution is 5.48. The Labute approximate surface area is 105 Å². The van der Waals surface area contributed by atoms with Crippen LogP contribution in [0.25, 0.3) is 0 Å². The average Bonchev–Trinajstić information content (AvgIpc) is 2.38. The van der Waals surface area contributed by atoms with Gasteiger partial charge in [0, 0.05) is 18.3 Å². The minimum Gasteiger partial charge on any atom is -0.380 e. The number of hydrogen-bond donors (Lipinski definition) is 1. The van der Waals surface area contributed by atoms with Crippen LogP contribution in [-0.4, -0.2) is 4.98 Å². The van der Waals surface area contributed by atoms with Crippen molar-refractivity contribution in [3.05, 3.63) is 59.4 Å². The van der Waals surface area contributed by atoms with E-state index in [4.69, 9.17) is 0 Å². The van der Waals surface area contributed by atoms with Crippen molar-refractivity contribution in [2.75, 3.05) is 5.32 Å². The molecule has 0 aliphatic heterocycles. The normalized spacial score (nSPS) is 10.7. The minimum atomic E-state index is -2.43. The second-order valence-electron chi connectivity index (χ2n) is 4.09. The van der Waals surface area contributed by atoms with Crippen molar-refractivity contribution < 1.29 is 8.78 Å². The van der Waals surface area contributed by atoms with Gasteiger partial charge in [-0.15, -0.1) is 0 Å². The van der Waals surface area contributed by atoms with Crippen LogP contribution in [0, 0.1) is 6.92 Å².